The lowest BCUT2D eigenvalue weighted by Gasteiger charge is -2.22. The number of aliphatic hydroxyl groups excluding tert-OH is 1. The molecule has 2 aromatic heterocycles. The SMILES string of the molecule is C=CCCC(O)CN(CC)Cc1nc2sc(C(C)C)cc2c(=O)[nH]1. The summed E-state index contributed by atoms with van der Waals surface area (Å²) in [6.07, 6.45) is 2.92. The summed E-state index contributed by atoms with van der Waals surface area (Å²) in [5.41, 5.74) is -0.0820. The summed E-state index contributed by atoms with van der Waals surface area (Å²) in [7, 11) is 0. The van der Waals surface area contributed by atoms with Crippen LogP contribution in [0.15, 0.2) is 23.5 Å². The minimum absolute atomic E-state index is 0.0820. The predicted octanol–water partition coefficient (Wildman–Crippen LogP) is 3.26. The molecule has 0 amide bonds. The van der Waals surface area contributed by atoms with Crippen molar-refractivity contribution in [2.45, 2.75) is 52.2 Å². The Kier molecular flexibility index (Phi) is 6.71. The van der Waals surface area contributed by atoms with Gasteiger partial charge >= 0.3 is 0 Å². The van der Waals surface area contributed by atoms with Crippen molar-refractivity contribution >= 4 is 21.6 Å². The van der Waals surface area contributed by atoms with Crippen molar-refractivity contribution in [3.05, 3.63) is 39.8 Å². The quantitative estimate of drug-likeness (QED) is 0.682. The van der Waals surface area contributed by atoms with Gasteiger partial charge in [-0.05, 0) is 31.4 Å². The van der Waals surface area contributed by atoms with Crippen molar-refractivity contribution in [3.8, 4) is 0 Å². The lowest BCUT2D eigenvalue weighted by atomic mass is 10.2. The molecular weight excluding hydrogens is 322 g/mol. The molecule has 24 heavy (non-hydrogen) atoms. The zero-order chi connectivity index (χ0) is 17.7. The van der Waals surface area contributed by atoms with Gasteiger partial charge in [-0.1, -0.05) is 26.8 Å². The Hall–Kier alpha value is -1.50. The fraction of sp³-hybridized carbons (Fsp3) is 0.556. The molecule has 132 valence electrons. The Bertz CT molecular complexity index is 735. The topological polar surface area (TPSA) is 69.2 Å². The summed E-state index contributed by atoms with van der Waals surface area (Å²) >= 11 is 1.58. The molecule has 5 nitrogen and oxygen atoms in total. The van der Waals surface area contributed by atoms with E-state index in [0.29, 0.717) is 36.6 Å². The first-order valence-corrected chi connectivity index (χ1v) is 9.30. The number of H-pyrrole nitrogens is 1. The molecule has 0 saturated heterocycles. The second-order valence-electron chi connectivity index (χ2n) is 6.38. The van der Waals surface area contributed by atoms with Crippen LogP contribution in [0.5, 0.6) is 0 Å². The van der Waals surface area contributed by atoms with E-state index < -0.39 is 6.10 Å². The van der Waals surface area contributed by atoms with E-state index in [1.807, 2.05) is 19.1 Å². The second-order valence-corrected chi connectivity index (χ2v) is 7.44. The Morgan fingerprint density at radius 2 is 2.25 bits per heavy atom. The van der Waals surface area contributed by atoms with Gasteiger partial charge in [-0.2, -0.15) is 0 Å². The number of allylic oxidation sites excluding steroid dienone is 1. The van der Waals surface area contributed by atoms with Gasteiger partial charge in [-0.25, -0.2) is 4.98 Å². The van der Waals surface area contributed by atoms with Gasteiger partial charge in [0.2, 0.25) is 0 Å². The molecule has 0 bridgehead atoms. The standard InChI is InChI=1S/C18H27N3O2S/c1-5-7-8-13(22)10-21(6-2)11-16-19-17(23)14-9-15(12(3)4)24-18(14)20-16/h5,9,12-13,22H,1,6-8,10-11H2,2-4H3,(H,19,20,23). The minimum atomic E-state index is -0.396. The first-order chi connectivity index (χ1) is 11.4. The number of aliphatic hydroxyl groups is 1. The van der Waals surface area contributed by atoms with Crippen molar-refractivity contribution in [1.29, 1.82) is 0 Å². The van der Waals surface area contributed by atoms with Crippen LogP contribution in [0.1, 0.15) is 50.2 Å². The Balaban J connectivity index is 2.15. The molecule has 0 fully saturated rings. The van der Waals surface area contributed by atoms with E-state index in [9.17, 15) is 9.90 Å². The van der Waals surface area contributed by atoms with Crippen LogP contribution in [0.4, 0.5) is 0 Å². The highest BCUT2D eigenvalue weighted by molar-refractivity contribution is 7.18. The number of nitrogens with one attached hydrogen (secondary N) is 1. The van der Waals surface area contributed by atoms with Crippen LogP contribution in [0.3, 0.4) is 0 Å². The van der Waals surface area contributed by atoms with Gasteiger partial charge in [0.1, 0.15) is 10.7 Å². The monoisotopic (exact) mass is 349 g/mol. The van der Waals surface area contributed by atoms with E-state index in [0.717, 1.165) is 17.8 Å². The van der Waals surface area contributed by atoms with Crippen molar-refractivity contribution in [2.75, 3.05) is 13.1 Å². The Morgan fingerprint density at radius 1 is 1.50 bits per heavy atom. The maximum atomic E-state index is 12.3. The van der Waals surface area contributed by atoms with Crippen LogP contribution in [0.25, 0.3) is 10.2 Å². The molecular formula is C18H27N3O2S. The highest BCUT2D eigenvalue weighted by Gasteiger charge is 2.14. The average Bonchev–Trinajstić information content (AvgIpc) is 2.97. The largest absolute Gasteiger partial charge is 0.392 e. The summed E-state index contributed by atoms with van der Waals surface area (Å²) in [6.45, 7) is 11.8. The third kappa shape index (κ3) is 4.75. The molecule has 0 aromatic carbocycles. The van der Waals surface area contributed by atoms with Gasteiger partial charge in [-0.15, -0.1) is 17.9 Å². The number of hydrogen-bond acceptors (Lipinski definition) is 5. The first-order valence-electron chi connectivity index (χ1n) is 8.48. The van der Waals surface area contributed by atoms with E-state index >= 15 is 0 Å². The van der Waals surface area contributed by atoms with E-state index in [4.69, 9.17) is 0 Å². The third-order valence-electron chi connectivity index (χ3n) is 4.03. The molecule has 6 heteroatoms. The number of aromatic nitrogens is 2. The van der Waals surface area contributed by atoms with Gasteiger partial charge in [0, 0.05) is 11.4 Å². The fourth-order valence-corrected chi connectivity index (χ4v) is 3.62. The lowest BCUT2D eigenvalue weighted by molar-refractivity contribution is 0.104. The fourth-order valence-electron chi connectivity index (χ4n) is 2.57. The zero-order valence-electron chi connectivity index (χ0n) is 14.7. The Morgan fingerprint density at radius 3 is 2.88 bits per heavy atom. The van der Waals surface area contributed by atoms with Crippen LogP contribution < -0.4 is 5.56 Å². The average molecular weight is 350 g/mol. The smallest absolute Gasteiger partial charge is 0.259 e. The van der Waals surface area contributed by atoms with Crippen LogP contribution in [0.2, 0.25) is 0 Å². The Labute approximate surface area is 147 Å². The number of aromatic amines is 1. The molecule has 0 radical (unpaired) electrons. The number of thiophene rings is 1. The molecule has 0 aliphatic rings. The van der Waals surface area contributed by atoms with E-state index in [1.165, 1.54) is 4.88 Å². The number of likely N-dealkylation sites (N-methyl/N-ethyl adjacent to an activating group) is 1. The highest BCUT2D eigenvalue weighted by Crippen LogP contribution is 2.27. The lowest BCUT2D eigenvalue weighted by Crippen LogP contribution is -2.33. The predicted molar refractivity (Wildman–Crippen MR) is 101 cm³/mol. The van der Waals surface area contributed by atoms with Gasteiger partial charge in [0.15, 0.2) is 0 Å². The molecule has 1 unspecified atom stereocenters. The normalized spacial score (nSPS) is 13.1. The number of fused-ring (bicyclic) bond motifs is 1. The summed E-state index contributed by atoms with van der Waals surface area (Å²) in [6, 6.07) is 1.94. The molecule has 0 spiro atoms. The molecule has 0 saturated carbocycles. The van der Waals surface area contributed by atoms with Crippen LogP contribution in [-0.2, 0) is 6.54 Å². The molecule has 2 N–H and O–H groups in total. The summed E-state index contributed by atoms with van der Waals surface area (Å²) in [5, 5.41) is 10.7. The molecule has 1 atom stereocenters. The molecule has 2 heterocycles. The van der Waals surface area contributed by atoms with Crippen LogP contribution >= 0.6 is 11.3 Å². The van der Waals surface area contributed by atoms with E-state index in [-0.39, 0.29) is 5.56 Å². The maximum absolute atomic E-state index is 12.3. The number of hydrogen-bond donors (Lipinski definition) is 2. The minimum Gasteiger partial charge on any atom is -0.392 e. The summed E-state index contributed by atoms with van der Waals surface area (Å²) < 4.78 is 0. The van der Waals surface area contributed by atoms with Gasteiger partial charge < -0.3 is 10.1 Å². The van der Waals surface area contributed by atoms with Crippen molar-refractivity contribution < 1.29 is 5.11 Å². The van der Waals surface area contributed by atoms with Crippen molar-refractivity contribution in [1.82, 2.24) is 14.9 Å². The number of rotatable bonds is 9. The van der Waals surface area contributed by atoms with Gasteiger partial charge in [0.25, 0.3) is 5.56 Å². The molecule has 2 aromatic rings. The van der Waals surface area contributed by atoms with Crippen LogP contribution in [0, 0.1) is 0 Å². The highest BCUT2D eigenvalue weighted by atomic mass is 32.1. The van der Waals surface area contributed by atoms with Crippen molar-refractivity contribution in [3.63, 3.8) is 0 Å². The summed E-state index contributed by atoms with van der Waals surface area (Å²) in [4.78, 5) is 23.9. The molecule has 0 aliphatic carbocycles. The van der Waals surface area contributed by atoms with Gasteiger partial charge in [0.05, 0.1) is 18.0 Å². The molecule has 0 aliphatic heterocycles. The van der Waals surface area contributed by atoms with E-state index in [1.54, 1.807) is 11.3 Å². The second kappa shape index (κ2) is 8.55. The summed E-state index contributed by atoms with van der Waals surface area (Å²) in [5.74, 6) is 1.04. The zero-order valence-corrected chi connectivity index (χ0v) is 15.5. The van der Waals surface area contributed by atoms with E-state index in [2.05, 4.69) is 35.3 Å². The van der Waals surface area contributed by atoms with Crippen LogP contribution in [-0.4, -0.2) is 39.2 Å². The third-order valence-corrected chi connectivity index (χ3v) is 5.36. The van der Waals surface area contributed by atoms with Crippen molar-refractivity contribution in [2.24, 2.45) is 0 Å². The first kappa shape index (κ1) is 18.8. The maximum Gasteiger partial charge on any atom is 0.259 e. The molecule has 2 rings (SSSR count). The number of nitrogens with zero attached hydrogens (tertiary/aromatic N) is 2. The van der Waals surface area contributed by atoms with Gasteiger partial charge in [-0.3, -0.25) is 9.69 Å².